The zero-order valence-corrected chi connectivity index (χ0v) is 15.4. The van der Waals surface area contributed by atoms with E-state index in [1.165, 1.54) is 6.42 Å². The third-order valence-corrected chi connectivity index (χ3v) is 5.33. The van der Waals surface area contributed by atoms with Gasteiger partial charge in [0.25, 0.3) is 5.91 Å². The molecular formula is C17H28N4O2S. The van der Waals surface area contributed by atoms with Gasteiger partial charge in [0.2, 0.25) is 5.91 Å². The number of hydrogen-bond donors (Lipinski definition) is 3. The van der Waals surface area contributed by atoms with Crippen molar-refractivity contribution in [2.75, 3.05) is 18.1 Å². The molecule has 1 aromatic heterocycles. The lowest BCUT2D eigenvalue weighted by atomic mass is 9.81. The van der Waals surface area contributed by atoms with E-state index in [0.717, 1.165) is 42.9 Å². The summed E-state index contributed by atoms with van der Waals surface area (Å²) in [5.74, 6) is 1.76. The van der Waals surface area contributed by atoms with Gasteiger partial charge in [0.05, 0.1) is 5.54 Å². The van der Waals surface area contributed by atoms with Gasteiger partial charge >= 0.3 is 0 Å². The zero-order chi connectivity index (χ0) is 17.4. The molecule has 2 rings (SSSR count). The molecule has 0 saturated heterocycles. The van der Waals surface area contributed by atoms with E-state index in [-0.39, 0.29) is 17.4 Å². The summed E-state index contributed by atoms with van der Waals surface area (Å²) < 4.78 is 0. The number of aromatic nitrogens is 2. The lowest BCUT2D eigenvalue weighted by Crippen LogP contribution is -2.56. The van der Waals surface area contributed by atoms with Crippen LogP contribution in [0.15, 0.2) is 6.07 Å². The highest BCUT2D eigenvalue weighted by atomic mass is 32.2. The van der Waals surface area contributed by atoms with Gasteiger partial charge in [-0.05, 0) is 31.6 Å². The molecule has 1 heterocycles. The van der Waals surface area contributed by atoms with Crippen molar-refractivity contribution in [1.29, 1.82) is 0 Å². The molecule has 3 N–H and O–H groups in total. The molecule has 0 spiro atoms. The number of carbonyl (C=O) groups excluding carboxylic acids is 2. The molecule has 1 aromatic rings. The molecule has 0 aliphatic heterocycles. The lowest BCUT2D eigenvalue weighted by molar-refractivity contribution is -0.121. The quantitative estimate of drug-likeness (QED) is 0.627. The molecule has 0 aromatic carbocycles. The topological polar surface area (TPSA) is 86.9 Å². The van der Waals surface area contributed by atoms with Gasteiger partial charge in [-0.15, -0.1) is 0 Å². The molecule has 0 atom stereocenters. The minimum absolute atomic E-state index is 0.0609. The van der Waals surface area contributed by atoms with Gasteiger partial charge < -0.3 is 10.6 Å². The van der Waals surface area contributed by atoms with E-state index >= 15 is 0 Å². The Labute approximate surface area is 147 Å². The number of carbonyl (C=O) groups is 2. The molecular weight excluding hydrogens is 324 g/mol. The SMILES string of the molecule is CCSCCC(=O)NCC1(NC(=O)c2cc(C)[nH]n2)CCCCC1. The predicted molar refractivity (Wildman–Crippen MR) is 97.2 cm³/mol. The van der Waals surface area contributed by atoms with Crippen LogP contribution < -0.4 is 10.6 Å². The van der Waals surface area contributed by atoms with E-state index in [1.54, 1.807) is 17.8 Å². The van der Waals surface area contributed by atoms with E-state index < -0.39 is 0 Å². The maximum Gasteiger partial charge on any atom is 0.272 e. The van der Waals surface area contributed by atoms with Crippen LogP contribution in [0.3, 0.4) is 0 Å². The third-order valence-electron chi connectivity index (χ3n) is 4.43. The highest BCUT2D eigenvalue weighted by Crippen LogP contribution is 2.28. The van der Waals surface area contributed by atoms with Crippen LogP contribution in [0.5, 0.6) is 0 Å². The van der Waals surface area contributed by atoms with E-state index in [9.17, 15) is 9.59 Å². The van der Waals surface area contributed by atoms with Crippen molar-refractivity contribution in [2.45, 2.75) is 57.9 Å². The molecule has 0 bridgehead atoms. The fraction of sp³-hybridized carbons (Fsp3) is 0.706. The van der Waals surface area contributed by atoms with E-state index in [1.807, 2.05) is 6.92 Å². The van der Waals surface area contributed by atoms with Gasteiger partial charge in [-0.25, -0.2) is 0 Å². The van der Waals surface area contributed by atoms with Crippen LogP contribution in [0.2, 0.25) is 0 Å². The summed E-state index contributed by atoms with van der Waals surface area (Å²) in [6, 6.07) is 1.74. The Hall–Kier alpha value is -1.50. The lowest BCUT2D eigenvalue weighted by Gasteiger charge is -2.38. The van der Waals surface area contributed by atoms with Crippen molar-refractivity contribution in [3.8, 4) is 0 Å². The van der Waals surface area contributed by atoms with Gasteiger partial charge in [-0.3, -0.25) is 14.7 Å². The summed E-state index contributed by atoms with van der Waals surface area (Å²) in [5, 5.41) is 13.0. The molecule has 1 saturated carbocycles. The molecule has 24 heavy (non-hydrogen) atoms. The van der Waals surface area contributed by atoms with Gasteiger partial charge in [-0.2, -0.15) is 16.9 Å². The molecule has 2 amide bonds. The summed E-state index contributed by atoms with van der Waals surface area (Å²) in [7, 11) is 0. The number of aromatic amines is 1. The first kappa shape index (κ1) is 18.8. The number of thioether (sulfide) groups is 1. The molecule has 1 aliphatic rings. The fourth-order valence-electron chi connectivity index (χ4n) is 3.08. The maximum atomic E-state index is 12.5. The number of amides is 2. The number of hydrogen-bond acceptors (Lipinski definition) is 4. The second-order valence-electron chi connectivity index (χ2n) is 6.45. The number of rotatable bonds is 8. The van der Waals surface area contributed by atoms with Crippen LogP contribution >= 0.6 is 11.8 Å². The van der Waals surface area contributed by atoms with Crippen molar-refractivity contribution in [3.05, 3.63) is 17.5 Å². The summed E-state index contributed by atoms with van der Waals surface area (Å²) in [5.41, 5.74) is 0.915. The molecule has 134 valence electrons. The Morgan fingerprint density at radius 1 is 1.33 bits per heavy atom. The van der Waals surface area contributed by atoms with Gasteiger partial charge in [-0.1, -0.05) is 26.2 Å². The van der Waals surface area contributed by atoms with Crippen LogP contribution in [-0.4, -0.2) is 45.6 Å². The minimum Gasteiger partial charge on any atom is -0.354 e. The van der Waals surface area contributed by atoms with Crippen LogP contribution in [-0.2, 0) is 4.79 Å². The maximum absolute atomic E-state index is 12.5. The zero-order valence-electron chi connectivity index (χ0n) is 14.6. The Morgan fingerprint density at radius 2 is 2.08 bits per heavy atom. The first-order chi connectivity index (χ1) is 11.5. The number of nitrogens with one attached hydrogen (secondary N) is 3. The Balaban J connectivity index is 1.93. The molecule has 1 aliphatic carbocycles. The van der Waals surface area contributed by atoms with E-state index in [0.29, 0.717) is 18.7 Å². The molecule has 6 nitrogen and oxygen atoms in total. The Morgan fingerprint density at radius 3 is 2.71 bits per heavy atom. The van der Waals surface area contributed by atoms with Gasteiger partial charge in [0, 0.05) is 24.4 Å². The Bertz CT molecular complexity index is 553. The second-order valence-corrected chi connectivity index (χ2v) is 7.85. The fourth-order valence-corrected chi connectivity index (χ4v) is 3.70. The molecule has 7 heteroatoms. The largest absolute Gasteiger partial charge is 0.354 e. The summed E-state index contributed by atoms with van der Waals surface area (Å²) in [6.45, 7) is 4.46. The predicted octanol–water partition coefficient (Wildman–Crippen LogP) is 2.41. The first-order valence-corrected chi connectivity index (χ1v) is 9.89. The monoisotopic (exact) mass is 352 g/mol. The third kappa shape index (κ3) is 5.54. The smallest absolute Gasteiger partial charge is 0.272 e. The van der Waals surface area contributed by atoms with Crippen molar-refractivity contribution in [1.82, 2.24) is 20.8 Å². The van der Waals surface area contributed by atoms with Gasteiger partial charge in [0.1, 0.15) is 5.69 Å². The van der Waals surface area contributed by atoms with Crippen LogP contribution in [0, 0.1) is 6.92 Å². The number of aryl methyl sites for hydroxylation is 1. The summed E-state index contributed by atoms with van der Waals surface area (Å²) >= 11 is 1.76. The van der Waals surface area contributed by atoms with Gasteiger partial charge in [0.15, 0.2) is 0 Å². The highest BCUT2D eigenvalue weighted by molar-refractivity contribution is 7.99. The van der Waals surface area contributed by atoms with Crippen LogP contribution in [0.4, 0.5) is 0 Å². The highest BCUT2D eigenvalue weighted by Gasteiger charge is 2.34. The Kier molecular flexibility index (Phi) is 7.15. The van der Waals surface area contributed by atoms with Crippen molar-refractivity contribution >= 4 is 23.6 Å². The average Bonchev–Trinajstić information content (AvgIpc) is 3.01. The number of H-pyrrole nitrogens is 1. The van der Waals surface area contributed by atoms with Crippen molar-refractivity contribution in [3.63, 3.8) is 0 Å². The molecule has 0 unspecified atom stereocenters. The molecule has 0 radical (unpaired) electrons. The van der Waals surface area contributed by atoms with Crippen molar-refractivity contribution in [2.24, 2.45) is 0 Å². The first-order valence-electron chi connectivity index (χ1n) is 8.74. The van der Waals surface area contributed by atoms with Crippen molar-refractivity contribution < 1.29 is 9.59 Å². The van der Waals surface area contributed by atoms with Crippen LogP contribution in [0.1, 0.15) is 61.6 Å². The van der Waals surface area contributed by atoms with E-state index in [4.69, 9.17) is 0 Å². The van der Waals surface area contributed by atoms with Crippen LogP contribution in [0.25, 0.3) is 0 Å². The summed E-state index contributed by atoms with van der Waals surface area (Å²) in [4.78, 5) is 24.5. The average molecular weight is 353 g/mol. The normalized spacial score (nSPS) is 16.6. The second kappa shape index (κ2) is 9.11. The number of nitrogens with zero attached hydrogens (tertiary/aromatic N) is 1. The summed E-state index contributed by atoms with van der Waals surface area (Å²) in [6.07, 6.45) is 5.64. The van der Waals surface area contributed by atoms with E-state index in [2.05, 4.69) is 27.8 Å². The molecule has 1 fully saturated rings. The standard InChI is InChI=1S/C17H28N4O2S/c1-3-24-10-7-15(22)18-12-17(8-5-4-6-9-17)19-16(23)14-11-13(2)20-21-14/h11H,3-10,12H2,1-2H3,(H,18,22)(H,19,23)(H,20,21). The minimum atomic E-state index is -0.351.